The summed E-state index contributed by atoms with van der Waals surface area (Å²) < 4.78 is 11.4. The normalized spacial score (nSPS) is 10.3. The maximum atomic E-state index is 12.5. The number of halogens is 1. The van der Waals surface area contributed by atoms with E-state index in [4.69, 9.17) is 21.7 Å². The molecule has 0 aliphatic heterocycles. The third-order valence-electron chi connectivity index (χ3n) is 3.99. The lowest BCUT2D eigenvalue weighted by atomic mass is 10.1. The van der Waals surface area contributed by atoms with Crippen LogP contribution in [0.5, 0.6) is 11.5 Å². The lowest BCUT2D eigenvalue weighted by Crippen LogP contribution is -2.34. The van der Waals surface area contributed by atoms with Crippen molar-refractivity contribution in [3.63, 3.8) is 0 Å². The largest absolute Gasteiger partial charge is 0.493 e. The Bertz CT molecular complexity index is 1020. The summed E-state index contributed by atoms with van der Waals surface area (Å²) in [6, 6.07) is 16.7. The van der Waals surface area contributed by atoms with Crippen molar-refractivity contribution in [1.82, 2.24) is 5.32 Å². The molecule has 1 amide bonds. The van der Waals surface area contributed by atoms with Crippen molar-refractivity contribution in [2.24, 2.45) is 0 Å². The molecular formula is C20H17BrN2O3S. The molecule has 3 aromatic rings. The minimum atomic E-state index is -0.338. The average molecular weight is 445 g/mol. The molecule has 3 rings (SSSR count). The smallest absolute Gasteiger partial charge is 0.257 e. The SMILES string of the molecule is COc1ccc(C(=O)NC(=S)Nc2ccc(Br)c3ccccc23)cc1OC. The van der Waals surface area contributed by atoms with Gasteiger partial charge in [0.2, 0.25) is 0 Å². The maximum absolute atomic E-state index is 12.5. The number of benzene rings is 3. The first-order chi connectivity index (χ1) is 13.0. The van der Waals surface area contributed by atoms with E-state index in [1.165, 1.54) is 7.11 Å². The van der Waals surface area contributed by atoms with Gasteiger partial charge in [0, 0.05) is 21.1 Å². The molecular weight excluding hydrogens is 428 g/mol. The van der Waals surface area contributed by atoms with Gasteiger partial charge < -0.3 is 14.8 Å². The van der Waals surface area contributed by atoms with Gasteiger partial charge in [-0.1, -0.05) is 40.2 Å². The van der Waals surface area contributed by atoms with Crippen LogP contribution in [-0.2, 0) is 0 Å². The number of anilines is 1. The number of rotatable bonds is 4. The Labute approximate surface area is 170 Å². The molecule has 27 heavy (non-hydrogen) atoms. The molecule has 0 fully saturated rings. The standard InChI is InChI=1S/C20H17BrN2O3S/c1-25-17-10-7-12(11-18(17)26-2)19(24)23-20(27)22-16-9-8-15(21)13-5-3-4-6-14(13)16/h3-11H,1-2H3,(H2,22,23,24,27). The van der Waals surface area contributed by atoms with Gasteiger partial charge in [-0.3, -0.25) is 10.1 Å². The van der Waals surface area contributed by atoms with Gasteiger partial charge in [0.25, 0.3) is 5.91 Å². The first-order valence-electron chi connectivity index (χ1n) is 8.05. The van der Waals surface area contributed by atoms with Gasteiger partial charge >= 0.3 is 0 Å². The third kappa shape index (κ3) is 4.20. The Kier molecular flexibility index (Phi) is 5.93. The molecule has 0 spiro atoms. The molecule has 7 heteroatoms. The zero-order chi connectivity index (χ0) is 19.4. The topological polar surface area (TPSA) is 59.6 Å². The predicted octanol–water partition coefficient (Wildman–Crippen LogP) is 4.75. The highest BCUT2D eigenvalue weighted by atomic mass is 79.9. The maximum Gasteiger partial charge on any atom is 0.257 e. The number of methoxy groups -OCH3 is 2. The summed E-state index contributed by atoms with van der Waals surface area (Å²) in [5.74, 6) is 0.689. The van der Waals surface area contributed by atoms with Crippen molar-refractivity contribution < 1.29 is 14.3 Å². The predicted molar refractivity (Wildman–Crippen MR) is 115 cm³/mol. The molecule has 2 N–H and O–H groups in total. The molecule has 0 atom stereocenters. The monoisotopic (exact) mass is 444 g/mol. The molecule has 5 nitrogen and oxygen atoms in total. The third-order valence-corrected chi connectivity index (χ3v) is 4.89. The van der Waals surface area contributed by atoms with Crippen molar-refractivity contribution in [3.8, 4) is 11.5 Å². The Balaban J connectivity index is 1.77. The Morgan fingerprint density at radius 2 is 1.67 bits per heavy atom. The van der Waals surface area contributed by atoms with Crippen LogP contribution < -0.4 is 20.1 Å². The number of hydrogen-bond acceptors (Lipinski definition) is 4. The molecule has 0 saturated carbocycles. The number of hydrogen-bond donors (Lipinski definition) is 2. The van der Waals surface area contributed by atoms with Crippen LogP contribution in [0, 0.1) is 0 Å². The van der Waals surface area contributed by atoms with E-state index in [1.807, 2.05) is 36.4 Å². The summed E-state index contributed by atoms with van der Waals surface area (Å²) in [5, 5.41) is 8.03. The van der Waals surface area contributed by atoms with E-state index in [-0.39, 0.29) is 11.0 Å². The summed E-state index contributed by atoms with van der Waals surface area (Å²) in [4.78, 5) is 12.5. The van der Waals surface area contributed by atoms with Gasteiger partial charge in [-0.05, 0) is 47.9 Å². The number of thiocarbonyl (C=S) groups is 1. The quantitative estimate of drug-likeness (QED) is 0.568. The summed E-state index contributed by atoms with van der Waals surface area (Å²) in [5.41, 5.74) is 1.23. The van der Waals surface area contributed by atoms with Crippen molar-refractivity contribution in [1.29, 1.82) is 0 Å². The summed E-state index contributed by atoms with van der Waals surface area (Å²) in [7, 11) is 3.06. The lowest BCUT2D eigenvalue weighted by Gasteiger charge is -2.13. The van der Waals surface area contributed by atoms with E-state index < -0.39 is 0 Å². The van der Waals surface area contributed by atoms with Gasteiger partial charge in [0.15, 0.2) is 16.6 Å². The second kappa shape index (κ2) is 8.37. The Morgan fingerprint density at radius 1 is 0.963 bits per heavy atom. The Hall–Kier alpha value is -2.64. The summed E-state index contributed by atoms with van der Waals surface area (Å²) in [6.45, 7) is 0. The molecule has 3 aromatic carbocycles. The van der Waals surface area contributed by atoms with Crippen molar-refractivity contribution in [2.45, 2.75) is 0 Å². The molecule has 0 unspecified atom stereocenters. The Morgan fingerprint density at radius 3 is 2.37 bits per heavy atom. The van der Waals surface area contributed by atoms with Crippen molar-refractivity contribution in [3.05, 3.63) is 64.6 Å². The molecule has 0 aromatic heterocycles. The number of amides is 1. The van der Waals surface area contributed by atoms with Crippen LogP contribution in [0.2, 0.25) is 0 Å². The van der Waals surface area contributed by atoms with Gasteiger partial charge in [-0.15, -0.1) is 0 Å². The van der Waals surface area contributed by atoms with E-state index in [1.54, 1.807) is 25.3 Å². The van der Waals surface area contributed by atoms with Crippen molar-refractivity contribution >= 4 is 55.6 Å². The highest BCUT2D eigenvalue weighted by Gasteiger charge is 2.13. The van der Waals surface area contributed by atoms with E-state index in [0.717, 1.165) is 20.9 Å². The van der Waals surface area contributed by atoms with Crippen LogP contribution in [0.15, 0.2) is 59.1 Å². The summed E-state index contributed by atoms with van der Waals surface area (Å²) >= 11 is 8.85. The van der Waals surface area contributed by atoms with E-state index >= 15 is 0 Å². The van der Waals surface area contributed by atoms with E-state index in [2.05, 4.69) is 26.6 Å². The van der Waals surface area contributed by atoms with Gasteiger partial charge in [-0.2, -0.15) is 0 Å². The molecule has 0 radical (unpaired) electrons. The van der Waals surface area contributed by atoms with Crippen LogP contribution in [0.25, 0.3) is 10.8 Å². The zero-order valence-electron chi connectivity index (χ0n) is 14.7. The second-order valence-corrected chi connectivity index (χ2v) is 6.88. The van der Waals surface area contributed by atoms with Gasteiger partial charge in [0.1, 0.15) is 0 Å². The summed E-state index contributed by atoms with van der Waals surface area (Å²) in [6.07, 6.45) is 0. The van der Waals surface area contributed by atoms with Crippen LogP contribution >= 0.6 is 28.1 Å². The molecule has 0 aliphatic carbocycles. The van der Waals surface area contributed by atoms with Crippen molar-refractivity contribution in [2.75, 3.05) is 19.5 Å². The fraction of sp³-hybridized carbons (Fsp3) is 0.100. The fourth-order valence-corrected chi connectivity index (χ4v) is 3.36. The lowest BCUT2D eigenvalue weighted by molar-refractivity contribution is 0.0977. The number of carbonyl (C=O) groups excluding carboxylic acids is 1. The van der Waals surface area contributed by atoms with Crippen LogP contribution in [0.4, 0.5) is 5.69 Å². The average Bonchev–Trinajstić information content (AvgIpc) is 2.69. The fourth-order valence-electron chi connectivity index (χ4n) is 2.68. The second-order valence-electron chi connectivity index (χ2n) is 5.62. The molecule has 0 saturated heterocycles. The molecule has 138 valence electrons. The van der Waals surface area contributed by atoms with Crippen LogP contribution in [0.3, 0.4) is 0 Å². The number of ether oxygens (including phenoxy) is 2. The highest BCUT2D eigenvalue weighted by molar-refractivity contribution is 9.10. The number of fused-ring (bicyclic) bond motifs is 1. The molecule has 0 aliphatic rings. The van der Waals surface area contributed by atoms with Gasteiger partial charge in [0.05, 0.1) is 14.2 Å². The van der Waals surface area contributed by atoms with E-state index in [9.17, 15) is 4.79 Å². The zero-order valence-corrected chi connectivity index (χ0v) is 17.1. The minimum Gasteiger partial charge on any atom is -0.493 e. The highest BCUT2D eigenvalue weighted by Crippen LogP contribution is 2.30. The van der Waals surface area contributed by atoms with E-state index in [0.29, 0.717) is 17.1 Å². The van der Waals surface area contributed by atoms with Crippen LogP contribution in [0.1, 0.15) is 10.4 Å². The first-order valence-corrected chi connectivity index (χ1v) is 9.25. The first kappa shape index (κ1) is 19.1. The molecule has 0 heterocycles. The van der Waals surface area contributed by atoms with Crippen LogP contribution in [-0.4, -0.2) is 25.2 Å². The molecule has 0 bridgehead atoms. The minimum absolute atomic E-state index is 0.210. The number of carbonyl (C=O) groups is 1. The number of nitrogens with one attached hydrogen (secondary N) is 2. The van der Waals surface area contributed by atoms with Gasteiger partial charge in [-0.25, -0.2) is 0 Å².